The smallest absolute Gasteiger partial charge is 0.159 e. The summed E-state index contributed by atoms with van der Waals surface area (Å²) in [6, 6.07) is 0.268. The highest BCUT2D eigenvalue weighted by Crippen LogP contribution is 2.67. The Labute approximate surface area is 191 Å². The van der Waals surface area contributed by atoms with Crippen LogP contribution < -0.4 is 5.32 Å². The Morgan fingerprint density at radius 3 is 2.66 bits per heavy atom. The molecule has 1 aliphatic heterocycles. The van der Waals surface area contributed by atoms with Gasteiger partial charge in [0.1, 0.15) is 0 Å². The van der Waals surface area contributed by atoms with Gasteiger partial charge in [-0.25, -0.2) is 0 Å². The lowest BCUT2D eigenvalue weighted by atomic mass is 9.46. The fourth-order valence-electron chi connectivity index (χ4n) is 8.48. The van der Waals surface area contributed by atoms with Gasteiger partial charge in [-0.15, -0.1) is 0 Å². The number of carbonyl (C=O) groups is 1. The molecule has 0 aromatic heterocycles. The Hall–Kier alpha value is -0.790. The molecule has 0 amide bonds. The third kappa shape index (κ3) is 3.20. The van der Waals surface area contributed by atoms with E-state index in [1.807, 2.05) is 0 Å². The third-order valence-corrected chi connectivity index (χ3v) is 10.5. The molecule has 8 unspecified atom stereocenters. The SMILES string of the molecule is CC(NCC1CCCO1)C1CC[C@@]2(O)C3=CC(=O)C4CC(O)C(O)CC4(C)C3CC[C@]12C. The summed E-state index contributed by atoms with van der Waals surface area (Å²) >= 11 is 0. The number of rotatable bonds is 4. The van der Waals surface area contributed by atoms with E-state index in [-0.39, 0.29) is 29.1 Å². The minimum atomic E-state index is -0.981. The van der Waals surface area contributed by atoms with Crippen LogP contribution in [0.1, 0.15) is 72.1 Å². The standard InChI is InChI=1S/C26H41NO5/c1-15(27-14-16-5-4-10-32-16)17-7-9-26(31)19-11-21(28)20-12-22(29)23(30)13-24(20,2)18(19)6-8-25(17,26)3/h11,15-18,20,22-23,27,29-31H,4-10,12-14H2,1-3H3/t15?,16?,17?,18?,20?,22?,23?,24?,25-,26-/m1/s1. The second kappa shape index (κ2) is 7.88. The molecule has 0 aromatic rings. The van der Waals surface area contributed by atoms with Gasteiger partial charge in [0.2, 0.25) is 0 Å². The predicted molar refractivity (Wildman–Crippen MR) is 121 cm³/mol. The van der Waals surface area contributed by atoms with Crippen LogP contribution >= 0.6 is 0 Å². The van der Waals surface area contributed by atoms with Crippen molar-refractivity contribution in [3.05, 3.63) is 11.6 Å². The van der Waals surface area contributed by atoms with Gasteiger partial charge >= 0.3 is 0 Å². The normalized spacial score (nSPS) is 51.6. The average Bonchev–Trinajstić information content (AvgIpc) is 3.35. The lowest BCUT2D eigenvalue weighted by molar-refractivity contribution is -0.152. The van der Waals surface area contributed by atoms with Gasteiger partial charge in [-0.1, -0.05) is 13.8 Å². The molecule has 5 rings (SSSR count). The molecule has 5 aliphatic rings. The summed E-state index contributed by atoms with van der Waals surface area (Å²) in [6.45, 7) is 8.28. The molecule has 6 heteroatoms. The van der Waals surface area contributed by atoms with Crippen molar-refractivity contribution in [2.45, 2.75) is 102 Å². The molecule has 1 heterocycles. The summed E-state index contributed by atoms with van der Waals surface area (Å²) in [4.78, 5) is 13.2. The minimum absolute atomic E-state index is 0.0235. The van der Waals surface area contributed by atoms with Gasteiger partial charge in [0.05, 0.1) is 23.9 Å². The van der Waals surface area contributed by atoms with E-state index in [2.05, 4.69) is 26.1 Å². The van der Waals surface area contributed by atoms with E-state index in [1.54, 1.807) is 6.08 Å². The third-order valence-electron chi connectivity index (χ3n) is 10.5. The van der Waals surface area contributed by atoms with Gasteiger partial charge < -0.3 is 25.4 Å². The molecule has 0 aromatic carbocycles. The summed E-state index contributed by atoms with van der Waals surface area (Å²) in [5, 5.41) is 36.6. The Morgan fingerprint density at radius 1 is 1.16 bits per heavy atom. The number of aliphatic hydroxyl groups is 3. The molecule has 3 saturated carbocycles. The average molecular weight is 448 g/mol. The lowest BCUT2D eigenvalue weighted by Gasteiger charge is -2.60. The highest BCUT2D eigenvalue weighted by Gasteiger charge is 2.66. The van der Waals surface area contributed by atoms with E-state index in [9.17, 15) is 20.1 Å². The summed E-state index contributed by atoms with van der Waals surface area (Å²) < 4.78 is 5.78. The van der Waals surface area contributed by atoms with E-state index in [4.69, 9.17) is 4.74 Å². The van der Waals surface area contributed by atoms with Gasteiger partial charge in [-0.05, 0) is 87.2 Å². The summed E-state index contributed by atoms with van der Waals surface area (Å²) in [5.74, 6) is 0.164. The lowest BCUT2D eigenvalue weighted by Crippen LogP contribution is -2.61. The fourth-order valence-corrected chi connectivity index (χ4v) is 8.48. The van der Waals surface area contributed by atoms with Crippen LogP contribution in [0.2, 0.25) is 0 Å². The molecule has 4 N–H and O–H groups in total. The molecule has 32 heavy (non-hydrogen) atoms. The summed E-state index contributed by atoms with van der Waals surface area (Å²) in [6.07, 6.45) is 6.84. The Morgan fingerprint density at radius 2 is 1.94 bits per heavy atom. The van der Waals surface area contributed by atoms with Gasteiger partial charge in [-0.3, -0.25) is 4.79 Å². The molecule has 4 aliphatic carbocycles. The molecule has 1 saturated heterocycles. The van der Waals surface area contributed by atoms with Crippen molar-refractivity contribution in [3.63, 3.8) is 0 Å². The van der Waals surface area contributed by atoms with Crippen molar-refractivity contribution in [2.75, 3.05) is 13.2 Å². The molecule has 10 atom stereocenters. The molecule has 4 fully saturated rings. The highest BCUT2D eigenvalue weighted by atomic mass is 16.5. The maximum atomic E-state index is 13.2. The number of hydrogen-bond donors (Lipinski definition) is 4. The van der Waals surface area contributed by atoms with Gasteiger partial charge in [-0.2, -0.15) is 0 Å². The maximum Gasteiger partial charge on any atom is 0.159 e. The monoisotopic (exact) mass is 447 g/mol. The minimum Gasteiger partial charge on any atom is -0.390 e. The zero-order valence-corrected chi connectivity index (χ0v) is 19.8. The number of allylic oxidation sites excluding steroid dienone is 1. The Balaban J connectivity index is 1.41. The van der Waals surface area contributed by atoms with Gasteiger partial charge in [0, 0.05) is 30.5 Å². The Bertz CT molecular complexity index is 793. The van der Waals surface area contributed by atoms with Crippen LogP contribution in [-0.4, -0.2) is 64.2 Å². The van der Waals surface area contributed by atoms with Gasteiger partial charge in [0.15, 0.2) is 5.78 Å². The van der Waals surface area contributed by atoms with Crippen molar-refractivity contribution >= 4 is 5.78 Å². The highest BCUT2D eigenvalue weighted by molar-refractivity contribution is 5.95. The largest absolute Gasteiger partial charge is 0.390 e. The Kier molecular flexibility index (Phi) is 5.65. The van der Waals surface area contributed by atoms with Crippen molar-refractivity contribution in [1.82, 2.24) is 5.32 Å². The molecule has 0 bridgehead atoms. The van der Waals surface area contributed by atoms with Crippen LogP contribution in [0.5, 0.6) is 0 Å². The molecule has 0 spiro atoms. The fraction of sp³-hybridized carbons (Fsp3) is 0.885. The second-order valence-corrected chi connectivity index (χ2v) is 12.0. The second-order valence-electron chi connectivity index (χ2n) is 12.0. The van der Waals surface area contributed by atoms with Crippen molar-refractivity contribution in [2.24, 2.45) is 28.6 Å². The van der Waals surface area contributed by atoms with E-state index >= 15 is 0 Å². The quantitative estimate of drug-likeness (QED) is 0.528. The number of fused-ring (bicyclic) bond motifs is 5. The van der Waals surface area contributed by atoms with Crippen LogP contribution in [-0.2, 0) is 9.53 Å². The number of aliphatic hydroxyl groups excluding tert-OH is 2. The predicted octanol–water partition coefficient (Wildman–Crippen LogP) is 2.35. The van der Waals surface area contributed by atoms with Crippen LogP contribution in [0, 0.1) is 28.6 Å². The number of ketones is 1. The van der Waals surface area contributed by atoms with Crippen molar-refractivity contribution in [1.29, 1.82) is 0 Å². The number of carbonyl (C=O) groups excluding carboxylic acids is 1. The van der Waals surface area contributed by atoms with Crippen molar-refractivity contribution < 1.29 is 24.9 Å². The number of ether oxygens (including phenoxy) is 1. The van der Waals surface area contributed by atoms with Crippen LogP contribution in [0.4, 0.5) is 0 Å². The zero-order chi connectivity index (χ0) is 22.9. The first kappa shape index (κ1) is 23.0. The first-order valence-electron chi connectivity index (χ1n) is 12.8. The molecular formula is C26H41NO5. The molecule has 6 nitrogen and oxygen atoms in total. The molecular weight excluding hydrogens is 406 g/mol. The number of nitrogens with one attached hydrogen (secondary N) is 1. The van der Waals surface area contributed by atoms with Crippen LogP contribution in [0.3, 0.4) is 0 Å². The topological polar surface area (TPSA) is 99.0 Å². The molecule has 0 radical (unpaired) electrons. The first-order chi connectivity index (χ1) is 15.1. The van der Waals surface area contributed by atoms with E-state index in [0.29, 0.717) is 31.3 Å². The molecule has 180 valence electrons. The summed E-state index contributed by atoms with van der Waals surface area (Å²) in [5.41, 5.74) is -0.759. The van der Waals surface area contributed by atoms with Crippen molar-refractivity contribution in [3.8, 4) is 0 Å². The summed E-state index contributed by atoms with van der Waals surface area (Å²) in [7, 11) is 0. The van der Waals surface area contributed by atoms with E-state index < -0.39 is 23.2 Å². The van der Waals surface area contributed by atoms with E-state index in [1.165, 1.54) is 0 Å². The van der Waals surface area contributed by atoms with Crippen LogP contribution in [0.15, 0.2) is 11.6 Å². The number of hydrogen-bond acceptors (Lipinski definition) is 6. The van der Waals surface area contributed by atoms with Gasteiger partial charge in [0.25, 0.3) is 0 Å². The van der Waals surface area contributed by atoms with Crippen LogP contribution in [0.25, 0.3) is 0 Å². The first-order valence-corrected chi connectivity index (χ1v) is 12.8. The zero-order valence-electron chi connectivity index (χ0n) is 19.8. The maximum absolute atomic E-state index is 13.2. The van der Waals surface area contributed by atoms with E-state index in [0.717, 1.165) is 50.8 Å².